The largest absolute Gasteiger partial charge is 0.340 e. The summed E-state index contributed by atoms with van der Waals surface area (Å²) in [5.41, 5.74) is 1.25. The van der Waals surface area contributed by atoms with Crippen molar-refractivity contribution in [1.82, 2.24) is 20.1 Å². The molecule has 9 heteroatoms. The van der Waals surface area contributed by atoms with E-state index < -0.39 is 0 Å². The van der Waals surface area contributed by atoms with Gasteiger partial charge < -0.3 is 9.84 Å². The molecule has 1 amide bonds. The first-order valence-corrected chi connectivity index (χ1v) is 10.8. The fraction of sp³-hybridized carbons (Fsp3) is 0.0952. The zero-order valence-electron chi connectivity index (χ0n) is 16.0. The van der Waals surface area contributed by atoms with E-state index in [1.54, 1.807) is 31.5 Å². The summed E-state index contributed by atoms with van der Waals surface area (Å²) in [6.45, 7) is 1.75. The van der Waals surface area contributed by atoms with Gasteiger partial charge in [0.2, 0.25) is 5.89 Å². The Kier molecular flexibility index (Phi) is 6.41. The Morgan fingerprint density at radius 2 is 1.87 bits per heavy atom. The number of pyridine rings is 2. The molecule has 0 radical (unpaired) electrons. The highest BCUT2D eigenvalue weighted by atomic mass is 32.2. The van der Waals surface area contributed by atoms with Crippen LogP contribution in [0.25, 0.3) is 0 Å². The van der Waals surface area contributed by atoms with Crippen molar-refractivity contribution in [3.05, 3.63) is 84.3 Å². The Bertz CT molecular complexity index is 1150. The normalized spacial score (nSPS) is 10.7. The Labute approximate surface area is 181 Å². The van der Waals surface area contributed by atoms with Crippen LogP contribution >= 0.6 is 23.5 Å². The van der Waals surface area contributed by atoms with E-state index in [1.807, 2.05) is 42.5 Å². The molecule has 30 heavy (non-hydrogen) atoms. The van der Waals surface area contributed by atoms with Gasteiger partial charge in [-0.2, -0.15) is 4.98 Å². The number of hydrogen-bond donors (Lipinski definition) is 1. The van der Waals surface area contributed by atoms with Crippen molar-refractivity contribution in [2.24, 2.45) is 0 Å². The van der Waals surface area contributed by atoms with Crippen LogP contribution in [0.2, 0.25) is 0 Å². The summed E-state index contributed by atoms with van der Waals surface area (Å²) in [5, 5.41) is 8.44. The molecule has 150 valence electrons. The summed E-state index contributed by atoms with van der Waals surface area (Å²) in [4.78, 5) is 26.6. The number of benzene rings is 1. The van der Waals surface area contributed by atoms with E-state index in [-0.39, 0.29) is 5.91 Å². The van der Waals surface area contributed by atoms with Gasteiger partial charge in [0, 0.05) is 29.9 Å². The number of aromatic nitrogens is 4. The predicted molar refractivity (Wildman–Crippen MR) is 116 cm³/mol. The van der Waals surface area contributed by atoms with Crippen molar-refractivity contribution in [3.8, 4) is 0 Å². The summed E-state index contributed by atoms with van der Waals surface area (Å²) >= 11 is 2.92. The molecule has 0 aliphatic heterocycles. The number of carbonyl (C=O) groups is 1. The third-order valence-electron chi connectivity index (χ3n) is 3.90. The number of thioether (sulfide) groups is 1. The average molecular weight is 436 g/mol. The molecular formula is C21H17N5O2S2. The second kappa shape index (κ2) is 9.55. The highest BCUT2D eigenvalue weighted by Gasteiger charge is 2.13. The monoisotopic (exact) mass is 435 g/mol. The molecule has 4 rings (SSSR count). The van der Waals surface area contributed by atoms with Crippen LogP contribution < -0.4 is 5.32 Å². The molecule has 0 saturated heterocycles. The smallest absolute Gasteiger partial charge is 0.256 e. The van der Waals surface area contributed by atoms with Gasteiger partial charge in [0.25, 0.3) is 5.91 Å². The molecule has 7 nitrogen and oxygen atoms in total. The summed E-state index contributed by atoms with van der Waals surface area (Å²) in [6, 6.07) is 16.7. The lowest BCUT2D eigenvalue weighted by atomic mass is 10.2. The topological polar surface area (TPSA) is 93.8 Å². The van der Waals surface area contributed by atoms with Crippen molar-refractivity contribution in [1.29, 1.82) is 0 Å². The van der Waals surface area contributed by atoms with Crippen molar-refractivity contribution < 1.29 is 9.32 Å². The molecule has 1 N–H and O–H groups in total. The van der Waals surface area contributed by atoms with Crippen LogP contribution in [0.5, 0.6) is 0 Å². The van der Waals surface area contributed by atoms with Gasteiger partial charge >= 0.3 is 0 Å². The molecule has 0 fully saturated rings. The van der Waals surface area contributed by atoms with Gasteiger partial charge in [-0.1, -0.05) is 35.1 Å². The number of nitrogens with one attached hydrogen (secondary N) is 1. The van der Waals surface area contributed by atoms with Gasteiger partial charge in [0.15, 0.2) is 5.82 Å². The number of nitrogens with zero attached hydrogens (tertiary/aromatic N) is 4. The molecule has 0 atom stereocenters. The molecule has 0 aliphatic carbocycles. The zero-order chi connectivity index (χ0) is 20.8. The van der Waals surface area contributed by atoms with Crippen LogP contribution in [0.4, 0.5) is 5.69 Å². The molecule has 3 heterocycles. The number of anilines is 1. The van der Waals surface area contributed by atoms with Crippen molar-refractivity contribution >= 4 is 35.1 Å². The maximum atomic E-state index is 12.9. The second-order valence-corrected chi connectivity index (χ2v) is 8.18. The lowest BCUT2D eigenvalue weighted by molar-refractivity contribution is 0.102. The van der Waals surface area contributed by atoms with E-state index in [2.05, 4.69) is 25.4 Å². The van der Waals surface area contributed by atoms with Crippen molar-refractivity contribution in [3.63, 3.8) is 0 Å². The van der Waals surface area contributed by atoms with Crippen LogP contribution in [-0.4, -0.2) is 26.0 Å². The van der Waals surface area contributed by atoms with Crippen LogP contribution in [0, 0.1) is 6.92 Å². The molecule has 0 bridgehead atoms. The first-order chi connectivity index (χ1) is 14.7. The molecule has 3 aromatic heterocycles. The Morgan fingerprint density at radius 1 is 1.03 bits per heavy atom. The number of hydrogen-bond acceptors (Lipinski definition) is 8. The van der Waals surface area contributed by atoms with Crippen molar-refractivity contribution in [2.75, 3.05) is 5.32 Å². The fourth-order valence-electron chi connectivity index (χ4n) is 2.58. The number of rotatable bonds is 7. The van der Waals surface area contributed by atoms with Crippen LogP contribution in [0.3, 0.4) is 0 Å². The van der Waals surface area contributed by atoms with E-state index in [9.17, 15) is 4.79 Å². The second-order valence-electron chi connectivity index (χ2n) is 6.12. The van der Waals surface area contributed by atoms with Gasteiger partial charge in [-0.05, 0) is 36.4 Å². The van der Waals surface area contributed by atoms with Gasteiger partial charge in [0.05, 0.1) is 11.3 Å². The number of carbonyl (C=O) groups excluding carboxylic acids is 1. The average Bonchev–Trinajstić information content (AvgIpc) is 3.18. The number of aryl methyl sites for hydroxylation is 1. The lowest BCUT2D eigenvalue weighted by Crippen LogP contribution is -2.13. The van der Waals surface area contributed by atoms with Crippen LogP contribution in [0.15, 0.2) is 86.5 Å². The van der Waals surface area contributed by atoms with E-state index in [4.69, 9.17) is 4.52 Å². The van der Waals surface area contributed by atoms with Gasteiger partial charge in [-0.25, -0.2) is 9.97 Å². The van der Waals surface area contributed by atoms with Crippen LogP contribution in [0.1, 0.15) is 22.1 Å². The van der Waals surface area contributed by atoms with E-state index in [1.165, 1.54) is 23.5 Å². The van der Waals surface area contributed by atoms with E-state index >= 15 is 0 Å². The minimum Gasteiger partial charge on any atom is -0.340 e. The molecule has 4 aromatic rings. The Hall–Kier alpha value is -3.17. The minimum atomic E-state index is -0.192. The van der Waals surface area contributed by atoms with E-state index in [0.717, 1.165) is 14.9 Å². The number of amides is 1. The Morgan fingerprint density at radius 3 is 2.67 bits per heavy atom. The van der Waals surface area contributed by atoms with Gasteiger partial charge in [-0.15, -0.1) is 11.8 Å². The van der Waals surface area contributed by atoms with Gasteiger partial charge in [-0.3, -0.25) is 4.79 Å². The molecule has 0 unspecified atom stereocenters. The lowest BCUT2D eigenvalue weighted by Gasteiger charge is -2.10. The van der Waals surface area contributed by atoms with Crippen LogP contribution in [-0.2, 0) is 5.75 Å². The van der Waals surface area contributed by atoms with E-state index in [0.29, 0.717) is 28.7 Å². The summed E-state index contributed by atoms with van der Waals surface area (Å²) in [7, 11) is 0. The quantitative estimate of drug-likeness (QED) is 0.411. The summed E-state index contributed by atoms with van der Waals surface area (Å²) in [6.07, 6.45) is 3.40. The fourth-order valence-corrected chi connectivity index (χ4v) is 4.25. The molecule has 1 aromatic carbocycles. The standard InChI is InChI=1S/C21H17N5O2S2/c1-14-24-18(26-28-14)13-29-17-7-3-2-6-16(17)21(27)25-15-9-11-23-20(12-15)30-19-8-4-5-10-22-19/h2-12H,13H2,1H3,(H,23,25,27). The zero-order valence-corrected chi connectivity index (χ0v) is 17.6. The molecule has 0 saturated carbocycles. The summed E-state index contributed by atoms with van der Waals surface area (Å²) in [5.74, 6) is 1.44. The first kappa shape index (κ1) is 20.1. The predicted octanol–water partition coefficient (Wildman–Crippen LogP) is 4.86. The Balaban J connectivity index is 1.45. The van der Waals surface area contributed by atoms with Gasteiger partial charge in [0.1, 0.15) is 10.1 Å². The third-order valence-corrected chi connectivity index (χ3v) is 5.85. The summed E-state index contributed by atoms with van der Waals surface area (Å²) < 4.78 is 5.00. The minimum absolute atomic E-state index is 0.192. The first-order valence-electron chi connectivity index (χ1n) is 9.05. The third kappa shape index (κ3) is 5.25. The molecule has 0 aliphatic rings. The highest BCUT2D eigenvalue weighted by Crippen LogP contribution is 2.28. The maximum absolute atomic E-state index is 12.9. The highest BCUT2D eigenvalue weighted by molar-refractivity contribution is 7.99. The molecule has 0 spiro atoms. The van der Waals surface area contributed by atoms with Crippen molar-refractivity contribution in [2.45, 2.75) is 27.6 Å². The molecular weight excluding hydrogens is 418 g/mol. The SMILES string of the molecule is Cc1nc(CSc2ccccc2C(=O)Nc2ccnc(Sc3ccccn3)c2)no1. The maximum Gasteiger partial charge on any atom is 0.256 e.